The Balaban J connectivity index is 1.45. The number of fused-ring (bicyclic) bond motifs is 1. The van der Waals surface area contributed by atoms with Crippen LogP contribution in [0.25, 0.3) is 0 Å². The quantitative estimate of drug-likeness (QED) is 0.243. The summed E-state index contributed by atoms with van der Waals surface area (Å²) in [6, 6.07) is 22.8. The molecule has 2 heterocycles. The molecule has 0 saturated heterocycles. The van der Waals surface area contributed by atoms with Crippen molar-refractivity contribution in [1.29, 1.82) is 0 Å². The highest BCUT2D eigenvalue weighted by atomic mass is 32.2. The summed E-state index contributed by atoms with van der Waals surface area (Å²) in [4.78, 5) is 18.2. The van der Waals surface area contributed by atoms with Crippen molar-refractivity contribution >= 4 is 29.3 Å². The van der Waals surface area contributed by atoms with Gasteiger partial charge < -0.3 is 15.4 Å². The molecule has 194 valence electrons. The number of nitrogens with zero attached hydrogens (tertiary/aromatic N) is 3. The van der Waals surface area contributed by atoms with Crippen LogP contribution in [-0.2, 0) is 11.4 Å². The molecule has 0 bridgehead atoms. The van der Waals surface area contributed by atoms with Gasteiger partial charge in [0, 0.05) is 22.7 Å². The molecule has 4 aromatic rings. The summed E-state index contributed by atoms with van der Waals surface area (Å²) in [5.41, 5.74) is 3.28. The van der Waals surface area contributed by atoms with Gasteiger partial charge in [-0.1, -0.05) is 67.2 Å². The number of nitrogens with one attached hydrogen (secondary N) is 2. The minimum atomic E-state index is -0.501. The van der Waals surface area contributed by atoms with Crippen LogP contribution in [0, 0.1) is 5.82 Å². The molecule has 2 N–H and O–H groups in total. The molecule has 3 aromatic carbocycles. The van der Waals surface area contributed by atoms with Gasteiger partial charge >= 0.3 is 0 Å². The number of amides is 1. The largest absolute Gasteiger partial charge is 0.489 e. The maximum Gasteiger partial charge on any atom is 0.255 e. The standard InChI is InChI=1S/C29H28FN5O2S/c1-3-17-38-29-33-28-31-19(2)25(27(36)32-22-10-5-4-6-11-22)26(35(28)34-29)20-13-15-23(16-14-20)37-18-21-9-7-8-12-24(21)30/h4-16,26H,3,17-18H2,1-2H3,(H,32,36)(H,31,33,34). The molecule has 0 saturated carbocycles. The molecule has 1 aliphatic rings. The third-order valence-electron chi connectivity index (χ3n) is 6.09. The van der Waals surface area contributed by atoms with E-state index in [0.29, 0.717) is 39.4 Å². The number of carbonyl (C=O) groups is 1. The van der Waals surface area contributed by atoms with Gasteiger partial charge in [-0.05, 0) is 49.2 Å². The Hall–Kier alpha value is -4.11. The van der Waals surface area contributed by atoms with Crippen LogP contribution in [0.4, 0.5) is 16.0 Å². The van der Waals surface area contributed by atoms with Gasteiger partial charge in [0.15, 0.2) is 0 Å². The van der Waals surface area contributed by atoms with Crippen molar-refractivity contribution in [3.05, 3.63) is 107 Å². The highest BCUT2D eigenvalue weighted by Gasteiger charge is 2.34. The second-order valence-corrected chi connectivity index (χ2v) is 9.91. The zero-order chi connectivity index (χ0) is 26.5. The highest BCUT2D eigenvalue weighted by Crippen LogP contribution is 2.37. The lowest BCUT2D eigenvalue weighted by molar-refractivity contribution is -0.113. The third kappa shape index (κ3) is 5.57. The minimum Gasteiger partial charge on any atom is -0.489 e. The van der Waals surface area contributed by atoms with E-state index in [-0.39, 0.29) is 18.3 Å². The van der Waals surface area contributed by atoms with Crippen LogP contribution in [0.15, 0.2) is 95.3 Å². The summed E-state index contributed by atoms with van der Waals surface area (Å²) >= 11 is 1.58. The number of ether oxygens (including phenoxy) is 1. The second kappa shape index (κ2) is 11.5. The van der Waals surface area contributed by atoms with E-state index in [1.54, 1.807) is 34.6 Å². The number of anilines is 2. The fraction of sp³-hybridized carbons (Fsp3) is 0.207. The predicted molar refractivity (Wildman–Crippen MR) is 148 cm³/mol. The van der Waals surface area contributed by atoms with E-state index in [1.165, 1.54) is 6.07 Å². The number of hydrogen-bond donors (Lipinski definition) is 2. The lowest BCUT2D eigenvalue weighted by atomic mass is 9.95. The van der Waals surface area contributed by atoms with E-state index in [0.717, 1.165) is 17.7 Å². The van der Waals surface area contributed by atoms with Gasteiger partial charge in [-0.3, -0.25) is 4.79 Å². The van der Waals surface area contributed by atoms with Crippen LogP contribution in [0.1, 0.15) is 37.4 Å². The molecule has 5 rings (SSSR count). The number of allylic oxidation sites excluding steroid dienone is 1. The minimum absolute atomic E-state index is 0.119. The Morgan fingerprint density at radius 1 is 1.08 bits per heavy atom. The molecule has 1 aromatic heterocycles. The topological polar surface area (TPSA) is 81.1 Å². The summed E-state index contributed by atoms with van der Waals surface area (Å²) in [7, 11) is 0. The lowest BCUT2D eigenvalue weighted by Crippen LogP contribution is -2.31. The molecular formula is C29H28FN5O2S. The molecule has 0 radical (unpaired) electrons. The Labute approximate surface area is 225 Å². The first-order chi connectivity index (χ1) is 18.5. The van der Waals surface area contributed by atoms with Crippen molar-refractivity contribution < 1.29 is 13.9 Å². The van der Waals surface area contributed by atoms with E-state index < -0.39 is 6.04 Å². The molecule has 9 heteroatoms. The molecular weight excluding hydrogens is 501 g/mol. The molecule has 1 unspecified atom stereocenters. The average molecular weight is 530 g/mol. The van der Waals surface area contributed by atoms with Crippen LogP contribution < -0.4 is 15.4 Å². The maximum atomic E-state index is 14.0. The maximum absolute atomic E-state index is 14.0. The van der Waals surface area contributed by atoms with E-state index >= 15 is 0 Å². The van der Waals surface area contributed by atoms with Crippen LogP contribution in [-0.4, -0.2) is 26.4 Å². The summed E-state index contributed by atoms with van der Waals surface area (Å²) in [5.74, 6) is 1.55. The van der Waals surface area contributed by atoms with Crippen LogP contribution in [0.3, 0.4) is 0 Å². The Bertz CT molecular complexity index is 1450. The number of carbonyl (C=O) groups excluding carboxylic acids is 1. The zero-order valence-corrected chi connectivity index (χ0v) is 22.0. The van der Waals surface area contributed by atoms with Crippen LogP contribution >= 0.6 is 11.8 Å². The zero-order valence-electron chi connectivity index (χ0n) is 21.1. The van der Waals surface area contributed by atoms with Gasteiger partial charge in [-0.15, -0.1) is 5.10 Å². The first-order valence-corrected chi connectivity index (χ1v) is 13.4. The number of para-hydroxylation sites is 1. The van der Waals surface area contributed by atoms with Crippen LogP contribution in [0.2, 0.25) is 0 Å². The van der Waals surface area contributed by atoms with Crippen molar-refractivity contribution in [3.63, 3.8) is 0 Å². The molecule has 1 atom stereocenters. The number of hydrogen-bond acceptors (Lipinski definition) is 6. The summed E-state index contributed by atoms with van der Waals surface area (Å²) < 4.78 is 21.6. The van der Waals surface area contributed by atoms with Gasteiger partial charge in [-0.2, -0.15) is 4.98 Å². The number of halogens is 1. The van der Waals surface area contributed by atoms with Gasteiger partial charge in [0.05, 0.1) is 5.57 Å². The first kappa shape index (κ1) is 25.5. The number of aromatic nitrogens is 3. The molecule has 0 aliphatic carbocycles. The van der Waals surface area contributed by atoms with E-state index in [1.807, 2.05) is 61.5 Å². The lowest BCUT2D eigenvalue weighted by Gasteiger charge is -2.28. The number of thioether (sulfide) groups is 1. The highest BCUT2D eigenvalue weighted by molar-refractivity contribution is 7.99. The van der Waals surface area contributed by atoms with Gasteiger partial charge in [0.25, 0.3) is 5.91 Å². The second-order valence-electron chi connectivity index (χ2n) is 8.85. The SMILES string of the molecule is CCCSc1nc2n(n1)C(c1ccc(OCc3ccccc3F)cc1)C(C(=O)Nc1ccccc1)=C(C)N2. The fourth-order valence-corrected chi connectivity index (χ4v) is 4.91. The number of benzene rings is 3. The van der Waals surface area contributed by atoms with Crippen molar-refractivity contribution in [3.8, 4) is 5.75 Å². The van der Waals surface area contributed by atoms with Crippen molar-refractivity contribution in [1.82, 2.24) is 14.8 Å². The van der Waals surface area contributed by atoms with E-state index in [4.69, 9.17) is 9.84 Å². The van der Waals surface area contributed by atoms with Crippen molar-refractivity contribution in [2.45, 2.75) is 38.1 Å². The molecule has 7 nitrogen and oxygen atoms in total. The monoisotopic (exact) mass is 529 g/mol. The molecule has 38 heavy (non-hydrogen) atoms. The normalized spacial score (nSPS) is 14.6. The van der Waals surface area contributed by atoms with Gasteiger partial charge in [0.2, 0.25) is 11.1 Å². The fourth-order valence-electron chi connectivity index (χ4n) is 4.23. The first-order valence-electron chi connectivity index (χ1n) is 12.4. The Morgan fingerprint density at radius 2 is 1.82 bits per heavy atom. The molecule has 0 fully saturated rings. The summed E-state index contributed by atoms with van der Waals surface area (Å²) in [6.07, 6.45) is 1.00. The smallest absolute Gasteiger partial charge is 0.255 e. The Morgan fingerprint density at radius 3 is 2.55 bits per heavy atom. The Kier molecular flexibility index (Phi) is 7.74. The average Bonchev–Trinajstić information content (AvgIpc) is 3.34. The van der Waals surface area contributed by atoms with Gasteiger partial charge in [0.1, 0.15) is 24.2 Å². The number of rotatable bonds is 9. The van der Waals surface area contributed by atoms with Crippen LogP contribution in [0.5, 0.6) is 5.75 Å². The van der Waals surface area contributed by atoms with Crippen molar-refractivity contribution in [2.75, 3.05) is 16.4 Å². The third-order valence-corrected chi connectivity index (χ3v) is 7.14. The van der Waals surface area contributed by atoms with E-state index in [2.05, 4.69) is 22.5 Å². The van der Waals surface area contributed by atoms with Crippen molar-refractivity contribution in [2.24, 2.45) is 0 Å². The summed E-state index contributed by atoms with van der Waals surface area (Å²) in [5, 5.41) is 11.7. The molecule has 0 spiro atoms. The molecule has 1 aliphatic heterocycles. The van der Waals surface area contributed by atoms with Gasteiger partial charge in [-0.25, -0.2) is 9.07 Å². The molecule has 1 amide bonds. The van der Waals surface area contributed by atoms with E-state index in [9.17, 15) is 9.18 Å². The summed E-state index contributed by atoms with van der Waals surface area (Å²) in [6.45, 7) is 4.10. The predicted octanol–water partition coefficient (Wildman–Crippen LogP) is 6.43.